The lowest BCUT2D eigenvalue weighted by atomic mass is 9.97. The van der Waals surface area contributed by atoms with E-state index in [0.717, 1.165) is 55.0 Å². The highest BCUT2D eigenvalue weighted by Gasteiger charge is 2.33. The molecule has 2 saturated heterocycles. The van der Waals surface area contributed by atoms with Crippen molar-refractivity contribution in [2.24, 2.45) is 5.92 Å². The number of hydrogen-bond donors (Lipinski definition) is 0. The number of benzene rings is 1. The van der Waals surface area contributed by atoms with E-state index < -0.39 is 0 Å². The fourth-order valence-corrected chi connectivity index (χ4v) is 6.28. The number of nitrogens with zero attached hydrogens (tertiary/aromatic N) is 4. The molecule has 0 radical (unpaired) electrons. The number of carbonyl (C=O) groups excluding carboxylic acids is 1. The van der Waals surface area contributed by atoms with E-state index in [-0.39, 0.29) is 17.0 Å². The minimum Gasteiger partial charge on any atom is -0.497 e. The Hall–Kier alpha value is -3.09. The largest absolute Gasteiger partial charge is 0.497 e. The molecule has 2 aliphatic heterocycles. The van der Waals surface area contributed by atoms with Crippen LogP contribution in [0.5, 0.6) is 5.75 Å². The van der Waals surface area contributed by atoms with Crippen molar-refractivity contribution in [2.75, 3.05) is 31.6 Å². The molecule has 3 heterocycles. The number of aromatic nitrogens is 1. The molecule has 1 amide bonds. The lowest BCUT2D eigenvalue weighted by molar-refractivity contribution is -0.122. The van der Waals surface area contributed by atoms with Crippen molar-refractivity contribution in [3.05, 3.63) is 61.8 Å². The van der Waals surface area contributed by atoms with E-state index in [1.54, 1.807) is 16.6 Å². The second kappa shape index (κ2) is 12.2. The molecule has 0 saturated carbocycles. The summed E-state index contributed by atoms with van der Waals surface area (Å²) < 4.78 is 7.48. The number of thiocarbonyl (C=S) groups is 1. The summed E-state index contributed by atoms with van der Waals surface area (Å²) >= 11 is 6.87. The summed E-state index contributed by atoms with van der Waals surface area (Å²) in [6.07, 6.45) is 5.35. The molecule has 0 bridgehead atoms. The maximum absolute atomic E-state index is 13.5. The van der Waals surface area contributed by atoms with Crippen LogP contribution in [0, 0.1) is 24.2 Å². The van der Waals surface area contributed by atoms with Crippen LogP contribution < -0.4 is 15.2 Å². The van der Waals surface area contributed by atoms with Crippen LogP contribution in [-0.2, 0) is 17.8 Å². The molecule has 0 spiro atoms. The SMILES string of the molecule is CCCn1c(N2CCC(C)CC2)c(/C=C2/SC(=S)N(CCc3ccc(OC)cc3)C2=O)c(C)c(C#N)c1=O. The Bertz CT molecular complexity index is 1350. The Morgan fingerprint density at radius 3 is 2.47 bits per heavy atom. The lowest BCUT2D eigenvalue weighted by Gasteiger charge is -2.35. The van der Waals surface area contributed by atoms with Crippen molar-refractivity contribution in [1.29, 1.82) is 5.26 Å². The van der Waals surface area contributed by atoms with E-state index in [9.17, 15) is 14.9 Å². The molecule has 38 heavy (non-hydrogen) atoms. The van der Waals surface area contributed by atoms with Gasteiger partial charge in [-0.05, 0) is 67.9 Å². The summed E-state index contributed by atoms with van der Waals surface area (Å²) in [6, 6.07) is 9.91. The Morgan fingerprint density at radius 2 is 1.87 bits per heavy atom. The minimum absolute atomic E-state index is 0.133. The highest BCUT2D eigenvalue weighted by Crippen LogP contribution is 2.37. The van der Waals surface area contributed by atoms with Crippen LogP contribution in [0.1, 0.15) is 55.4 Å². The molecule has 0 aliphatic carbocycles. The van der Waals surface area contributed by atoms with Gasteiger partial charge in [-0.25, -0.2) is 0 Å². The fraction of sp³-hybridized carbons (Fsp3) is 0.448. The third-order valence-corrected chi connectivity index (χ3v) is 8.69. The van der Waals surface area contributed by atoms with Crippen LogP contribution in [0.4, 0.5) is 5.82 Å². The van der Waals surface area contributed by atoms with Crippen LogP contribution >= 0.6 is 24.0 Å². The standard InChI is InChI=1S/C29H34N4O3S2/c1-5-13-32-26(31-14-10-19(2)11-15-31)23(20(3)24(18-30)27(32)34)17-25-28(35)33(29(37)38-25)16-12-21-6-8-22(36-4)9-7-21/h6-9,17,19H,5,10-16H2,1-4H3/b25-17+. The molecule has 1 aromatic heterocycles. The first-order valence-corrected chi connectivity index (χ1v) is 14.3. The van der Waals surface area contributed by atoms with Gasteiger partial charge in [-0.15, -0.1) is 0 Å². The highest BCUT2D eigenvalue weighted by atomic mass is 32.2. The fourth-order valence-electron chi connectivity index (χ4n) is 4.99. The van der Waals surface area contributed by atoms with Gasteiger partial charge < -0.3 is 9.64 Å². The average molecular weight is 551 g/mol. The van der Waals surface area contributed by atoms with E-state index >= 15 is 0 Å². The smallest absolute Gasteiger partial charge is 0.270 e. The number of methoxy groups -OCH3 is 1. The number of amides is 1. The summed E-state index contributed by atoms with van der Waals surface area (Å²) in [5.74, 6) is 2.09. The molecular formula is C29H34N4O3S2. The van der Waals surface area contributed by atoms with Crippen LogP contribution in [-0.4, -0.2) is 46.4 Å². The second-order valence-electron chi connectivity index (χ2n) is 9.91. The van der Waals surface area contributed by atoms with Gasteiger partial charge in [0.1, 0.15) is 27.5 Å². The molecule has 2 fully saturated rings. The molecule has 9 heteroatoms. The van der Waals surface area contributed by atoms with E-state index in [2.05, 4.69) is 17.9 Å². The van der Waals surface area contributed by atoms with Crippen molar-refractivity contribution in [3.63, 3.8) is 0 Å². The second-order valence-corrected chi connectivity index (χ2v) is 11.6. The number of ether oxygens (including phenoxy) is 1. The number of rotatable bonds is 8. The van der Waals surface area contributed by atoms with Crippen molar-refractivity contribution in [3.8, 4) is 11.8 Å². The average Bonchev–Trinajstić information content (AvgIpc) is 3.18. The number of nitriles is 1. The normalized spacial score (nSPS) is 17.4. The van der Waals surface area contributed by atoms with Crippen molar-refractivity contribution < 1.29 is 9.53 Å². The van der Waals surface area contributed by atoms with Gasteiger partial charge >= 0.3 is 0 Å². The Kier molecular flexibility index (Phi) is 8.95. The van der Waals surface area contributed by atoms with Gasteiger partial charge in [0.15, 0.2) is 0 Å². The summed E-state index contributed by atoms with van der Waals surface area (Å²) in [4.78, 5) is 31.2. The quantitative estimate of drug-likeness (QED) is 0.333. The zero-order chi connectivity index (χ0) is 27.4. The zero-order valence-electron chi connectivity index (χ0n) is 22.5. The van der Waals surface area contributed by atoms with Gasteiger partial charge in [-0.3, -0.25) is 19.1 Å². The summed E-state index contributed by atoms with van der Waals surface area (Å²) in [7, 11) is 1.63. The van der Waals surface area contributed by atoms with Gasteiger partial charge in [-0.1, -0.05) is 50.0 Å². The number of anilines is 1. The third-order valence-electron chi connectivity index (χ3n) is 7.31. The van der Waals surface area contributed by atoms with Crippen molar-refractivity contribution >= 4 is 46.1 Å². The molecule has 0 N–H and O–H groups in total. The Balaban J connectivity index is 1.70. The molecular weight excluding hydrogens is 516 g/mol. The minimum atomic E-state index is -0.260. The number of pyridine rings is 1. The molecule has 2 aromatic rings. The predicted octanol–water partition coefficient (Wildman–Crippen LogP) is 5.13. The summed E-state index contributed by atoms with van der Waals surface area (Å²) in [5, 5.41) is 9.85. The zero-order valence-corrected chi connectivity index (χ0v) is 24.1. The molecule has 0 atom stereocenters. The van der Waals surface area contributed by atoms with Crippen LogP contribution in [0.3, 0.4) is 0 Å². The maximum Gasteiger partial charge on any atom is 0.270 e. The molecule has 1 aromatic carbocycles. The monoisotopic (exact) mass is 550 g/mol. The van der Waals surface area contributed by atoms with Gasteiger partial charge in [0.2, 0.25) is 0 Å². The van der Waals surface area contributed by atoms with Gasteiger partial charge in [0, 0.05) is 31.7 Å². The van der Waals surface area contributed by atoms with Gasteiger partial charge in [0.05, 0.1) is 12.0 Å². The molecule has 200 valence electrons. The van der Waals surface area contributed by atoms with E-state index in [4.69, 9.17) is 17.0 Å². The predicted molar refractivity (Wildman–Crippen MR) is 158 cm³/mol. The van der Waals surface area contributed by atoms with E-state index in [0.29, 0.717) is 40.2 Å². The lowest BCUT2D eigenvalue weighted by Crippen LogP contribution is -2.39. The first-order chi connectivity index (χ1) is 18.3. The number of piperidine rings is 1. The van der Waals surface area contributed by atoms with E-state index in [1.165, 1.54) is 11.8 Å². The van der Waals surface area contributed by atoms with Crippen LogP contribution in [0.25, 0.3) is 6.08 Å². The van der Waals surface area contributed by atoms with Crippen molar-refractivity contribution in [2.45, 2.75) is 53.0 Å². The number of thioether (sulfide) groups is 1. The van der Waals surface area contributed by atoms with E-state index in [1.807, 2.05) is 44.2 Å². The molecule has 0 unspecified atom stereocenters. The molecule has 4 rings (SSSR count). The molecule has 7 nitrogen and oxygen atoms in total. The highest BCUT2D eigenvalue weighted by molar-refractivity contribution is 8.26. The van der Waals surface area contributed by atoms with Crippen LogP contribution in [0.2, 0.25) is 0 Å². The number of hydrogen-bond acceptors (Lipinski definition) is 7. The first-order valence-electron chi connectivity index (χ1n) is 13.1. The van der Waals surface area contributed by atoms with Crippen molar-refractivity contribution in [1.82, 2.24) is 9.47 Å². The topological polar surface area (TPSA) is 78.6 Å². The third kappa shape index (κ3) is 5.67. The Morgan fingerprint density at radius 1 is 1.18 bits per heavy atom. The number of carbonyl (C=O) groups is 1. The molecule has 2 aliphatic rings. The van der Waals surface area contributed by atoms with Gasteiger partial charge in [0.25, 0.3) is 11.5 Å². The van der Waals surface area contributed by atoms with Crippen LogP contribution in [0.15, 0.2) is 34.0 Å². The van der Waals surface area contributed by atoms with Gasteiger partial charge in [-0.2, -0.15) is 5.26 Å². The maximum atomic E-state index is 13.5. The summed E-state index contributed by atoms with van der Waals surface area (Å²) in [5.41, 5.74) is 2.34. The Labute approximate surface area is 234 Å². The summed E-state index contributed by atoms with van der Waals surface area (Å²) in [6.45, 7) is 8.73. The first kappa shape index (κ1) is 27.9.